The molecule has 66 heavy (non-hydrogen) atoms. The van der Waals surface area contributed by atoms with E-state index in [0.29, 0.717) is 26.3 Å². The fourth-order valence-electron chi connectivity index (χ4n) is 9.39. The molecule has 0 atom stereocenters. The van der Waals surface area contributed by atoms with E-state index in [1.165, 1.54) is 22.3 Å². The SMILES string of the molecule is Cc1cc(OCc2ccccc2)cc(C2(Cl)CN(C(c3ccccc3)c3ccccc3)C2)c1.Cc1cc(OCc2ccccc2)cc(C2(O)CN(C(c3ccccc3)c3ccccc3)C2)c1. The molecule has 0 unspecified atom stereocenters. The number of ether oxygens (including phenoxy) is 2. The van der Waals surface area contributed by atoms with E-state index in [9.17, 15) is 5.11 Å². The van der Waals surface area contributed by atoms with E-state index >= 15 is 0 Å². The third-order valence-electron chi connectivity index (χ3n) is 12.7. The predicted octanol–water partition coefficient (Wildman–Crippen LogP) is 13.0. The van der Waals surface area contributed by atoms with E-state index in [4.69, 9.17) is 21.1 Å². The van der Waals surface area contributed by atoms with Crippen LogP contribution in [-0.4, -0.2) is 41.1 Å². The minimum Gasteiger partial charge on any atom is -0.489 e. The molecule has 0 aliphatic carbocycles. The number of rotatable bonds is 14. The van der Waals surface area contributed by atoms with Crippen LogP contribution in [0.5, 0.6) is 11.5 Å². The van der Waals surface area contributed by atoms with Gasteiger partial charge in [-0.1, -0.05) is 194 Å². The summed E-state index contributed by atoms with van der Waals surface area (Å²) in [6.07, 6.45) is 0. The van der Waals surface area contributed by atoms with E-state index < -0.39 is 10.5 Å². The maximum atomic E-state index is 11.5. The van der Waals surface area contributed by atoms with Crippen LogP contribution in [0.25, 0.3) is 0 Å². The Hall–Kier alpha value is -6.47. The molecular weight excluding hydrogens is 832 g/mol. The second kappa shape index (κ2) is 20.4. The minimum atomic E-state index is -0.890. The third-order valence-corrected chi connectivity index (χ3v) is 13.1. The van der Waals surface area contributed by atoms with Crippen LogP contribution in [-0.2, 0) is 23.7 Å². The highest BCUT2D eigenvalue weighted by molar-refractivity contribution is 6.25. The first-order valence-electron chi connectivity index (χ1n) is 22.9. The molecule has 332 valence electrons. The number of nitrogens with zero attached hydrogens (tertiary/aromatic N) is 2. The fourth-order valence-corrected chi connectivity index (χ4v) is 9.81. The molecule has 1 N–H and O–H groups in total. The number of β-amino-alcohol motifs (C(OH)–C–C–N with tert-alkyl or cyclic N) is 1. The molecule has 0 amide bonds. The summed E-state index contributed by atoms with van der Waals surface area (Å²) in [7, 11) is 0. The smallest absolute Gasteiger partial charge is 0.120 e. The molecule has 8 aromatic carbocycles. The van der Waals surface area contributed by atoms with Gasteiger partial charge in [-0.2, -0.15) is 0 Å². The van der Waals surface area contributed by atoms with Crippen LogP contribution >= 0.6 is 11.6 Å². The first-order valence-corrected chi connectivity index (χ1v) is 23.3. The summed E-state index contributed by atoms with van der Waals surface area (Å²) < 4.78 is 12.2. The van der Waals surface area contributed by atoms with Crippen LogP contribution in [0.1, 0.15) is 67.7 Å². The van der Waals surface area contributed by atoms with Gasteiger partial charge in [0, 0.05) is 26.2 Å². The molecule has 2 aliphatic rings. The number of halogens is 1. The Morgan fingerprint density at radius 2 is 0.758 bits per heavy atom. The molecular formula is C60H57ClN2O3. The van der Waals surface area contributed by atoms with Gasteiger partial charge in [-0.15, -0.1) is 11.6 Å². The predicted molar refractivity (Wildman–Crippen MR) is 268 cm³/mol. The van der Waals surface area contributed by atoms with Gasteiger partial charge in [0.05, 0.1) is 17.0 Å². The zero-order valence-corrected chi connectivity index (χ0v) is 38.5. The summed E-state index contributed by atoms with van der Waals surface area (Å²) in [6.45, 7) is 7.93. The number of hydrogen-bond donors (Lipinski definition) is 1. The number of alkyl halides is 1. The average molecular weight is 890 g/mol. The third kappa shape index (κ3) is 10.6. The summed E-state index contributed by atoms with van der Waals surface area (Å²) in [5, 5.41) is 11.5. The molecule has 2 saturated heterocycles. The van der Waals surface area contributed by atoms with Crippen LogP contribution in [0.4, 0.5) is 0 Å². The lowest BCUT2D eigenvalue weighted by atomic mass is 9.82. The van der Waals surface area contributed by atoms with E-state index in [1.54, 1.807) is 0 Å². The lowest BCUT2D eigenvalue weighted by Gasteiger charge is -2.50. The highest BCUT2D eigenvalue weighted by Gasteiger charge is 2.47. The van der Waals surface area contributed by atoms with Gasteiger partial charge in [0.15, 0.2) is 0 Å². The van der Waals surface area contributed by atoms with Crippen LogP contribution < -0.4 is 9.47 Å². The summed E-state index contributed by atoms with van der Waals surface area (Å²) >= 11 is 7.21. The molecule has 5 nitrogen and oxygen atoms in total. The molecule has 2 heterocycles. The molecule has 0 aromatic heterocycles. The minimum absolute atomic E-state index is 0.117. The van der Waals surface area contributed by atoms with Gasteiger partial charge in [0.2, 0.25) is 0 Å². The lowest BCUT2D eigenvalue weighted by Crippen LogP contribution is -2.60. The van der Waals surface area contributed by atoms with Gasteiger partial charge >= 0.3 is 0 Å². The molecule has 2 fully saturated rings. The highest BCUT2D eigenvalue weighted by atomic mass is 35.5. The first kappa shape index (κ1) is 44.7. The molecule has 10 rings (SSSR count). The van der Waals surface area contributed by atoms with Gasteiger partial charge < -0.3 is 14.6 Å². The van der Waals surface area contributed by atoms with E-state index in [-0.39, 0.29) is 12.1 Å². The Labute approximate surface area is 395 Å². The summed E-state index contributed by atoms with van der Waals surface area (Å²) in [5.74, 6) is 1.67. The lowest BCUT2D eigenvalue weighted by molar-refractivity contribution is -0.116. The summed E-state index contributed by atoms with van der Waals surface area (Å²) in [6, 6.07) is 75.6. The van der Waals surface area contributed by atoms with Crippen molar-refractivity contribution in [1.29, 1.82) is 0 Å². The van der Waals surface area contributed by atoms with Crippen LogP contribution in [0, 0.1) is 13.8 Å². The van der Waals surface area contributed by atoms with Crippen molar-refractivity contribution in [2.45, 2.75) is 49.6 Å². The Morgan fingerprint density at radius 3 is 1.14 bits per heavy atom. The van der Waals surface area contributed by atoms with E-state index in [0.717, 1.165) is 58.0 Å². The van der Waals surface area contributed by atoms with Crippen molar-refractivity contribution in [2.24, 2.45) is 0 Å². The maximum absolute atomic E-state index is 11.5. The quantitative estimate of drug-likeness (QED) is 0.110. The largest absolute Gasteiger partial charge is 0.489 e. The number of likely N-dealkylation sites (tertiary alicyclic amines) is 2. The van der Waals surface area contributed by atoms with E-state index in [1.807, 2.05) is 60.7 Å². The second-order valence-corrected chi connectivity index (χ2v) is 18.6. The number of benzene rings is 8. The van der Waals surface area contributed by atoms with Crippen molar-refractivity contribution in [3.63, 3.8) is 0 Å². The van der Waals surface area contributed by atoms with Crippen LogP contribution in [0.15, 0.2) is 218 Å². The van der Waals surface area contributed by atoms with Gasteiger partial charge in [-0.3, -0.25) is 9.80 Å². The van der Waals surface area contributed by atoms with Gasteiger partial charge in [-0.25, -0.2) is 0 Å². The van der Waals surface area contributed by atoms with Crippen molar-refractivity contribution in [3.8, 4) is 11.5 Å². The standard InChI is InChI=1S/C30H28ClNO.C30H29NO2/c1-23-17-27(19-28(18-23)33-20-24-11-5-2-6-12-24)30(31)21-32(22-30)29(25-13-7-3-8-14-25)26-15-9-4-10-16-26;1-23-17-27(19-28(18-23)33-20-24-11-5-2-6-12-24)30(32)21-31(22-30)29(25-13-7-3-8-14-25)26-15-9-4-10-16-26/h2-19,29H,20-22H2,1H3;2-19,29,32H,20-22H2,1H3. The van der Waals surface area contributed by atoms with Gasteiger partial charge in [0.25, 0.3) is 0 Å². The zero-order chi connectivity index (χ0) is 45.4. The normalized spacial score (nSPS) is 15.2. The topological polar surface area (TPSA) is 45.2 Å². The first-order chi connectivity index (χ1) is 32.2. The summed E-state index contributed by atoms with van der Waals surface area (Å²) in [4.78, 5) is 4.39. The molecule has 0 radical (unpaired) electrons. The number of aliphatic hydroxyl groups is 1. The van der Waals surface area contributed by atoms with Crippen LogP contribution in [0.3, 0.4) is 0 Å². The van der Waals surface area contributed by atoms with Crippen molar-refractivity contribution in [1.82, 2.24) is 9.80 Å². The average Bonchev–Trinajstić information content (AvgIpc) is 3.33. The molecule has 6 heteroatoms. The monoisotopic (exact) mass is 888 g/mol. The summed E-state index contributed by atoms with van der Waals surface area (Å²) in [5.41, 5.74) is 10.7. The van der Waals surface area contributed by atoms with Crippen molar-refractivity contribution in [2.75, 3.05) is 26.2 Å². The van der Waals surface area contributed by atoms with Gasteiger partial charge in [-0.05, 0) is 93.7 Å². The zero-order valence-electron chi connectivity index (χ0n) is 37.7. The number of aryl methyl sites for hydroxylation is 2. The second-order valence-electron chi connectivity index (χ2n) is 17.9. The number of hydrogen-bond acceptors (Lipinski definition) is 5. The molecule has 2 aliphatic heterocycles. The molecule has 0 saturated carbocycles. The maximum Gasteiger partial charge on any atom is 0.120 e. The molecule has 8 aromatic rings. The van der Waals surface area contributed by atoms with Crippen molar-refractivity contribution in [3.05, 3.63) is 274 Å². The van der Waals surface area contributed by atoms with Crippen molar-refractivity contribution < 1.29 is 14.6 Å². The molecule has 0 bridgehead atoms. The van der Waals surface area contributed by atoms with Gasteiger partial charge in [0.1, 0.15) is 30.3 Å². The fraction of sp³-hybridized carbons (Fsp3) is 0.200. The molecule has 0 spiro atoms. The Kier molecular flexibility index (Phi) is 13.8. The van der Waals surface area contributed by atoms with E-state index in [2.05, 4.69) is 181 Å². The Morgan fingerprint density at radius 1 is 0.439 bits per heavy atom. The highest BCUT2D eigenvalue weighted by Crippen LogP contribution is 2.46. The Balaban J connectivity index is 0.000000166. The van der Waals surface area contributed by atoms with Crippen LogP contribution in [0.2, 0.25) is 0 Å². The Bertz CT molecular complexity index is 2490. The van der Waals surface area contributed by atoms with Crippen molar-refractivity contribution >= 4 is 11.6 Å².